The molecule has 2 heterocycles. The molecule has 2 amide bonds. The molecular weight excluding hydrogens is 548 g/mol. The summed E-state index contributed by atoms with van der Waals surface area (Å²) in [5, 5.41) is 14.7. The number of aromatic nitrogens is 1. The molecule has 41 heavy (non-hydrogen) atoms. The van der Waals surface area contributed by atoms with E-state index in [1.165, 1.54) is 23.9 Å². The smallest absolute Gasteiger partial charge is 0.410 e. The minimum Gasteiger partial charge on any atom is -0.507 e. The van der Waals surface area contributed by atoms with Crippen LogP contribution in [-0.2, 0) is 17.5 Å². The summed E-state index contributed by atoms with van der Waals surface area (Å²) < 4.78 is 35.2. The van der Waals surface area contributed by atoms with Gasteiger partial charge in [0, 0.05) is 64.6 Å². The lowest BCUT2D eigenvalue weighted by Crippen LogP contribution is -2.40. The molecule has 2 aromatic carbocycles. The number of thioether (sulfide) groups is 1. The average Bonchev–Trinajstić information content (AvgIpc) is 3.11. The highest BCUT2D eigenvalue weighted by Gasteiger charge is 2.28. The first-order chi connectivity index (χ1) is 19.0. The van der Waals surface area contributed by atoms with Gasteiger partial charge in [-0.15, -0.1) is 11.8 Å². The van der Waals surface area contributed by atoms with Crippen LogP contribution in [0.2, 0.25) is 0 Å². The quantitative estimate of drug-likeness (QED) is 0.315. The molecule has 7 nitrogen and oxygen atoms in total. The van der Waals surface area contributed by atoms with Crippen LogP contribution in [0.5, 0.6) is 5.75 Å². The van der Waals surface area contributed by atoms with Gasteiger partial charge < -0.3 is 24.6 Å². The molecule has 1 aliphatic heterocycles. The van der Waals surface area contributed by atoms with Gasteiger partial charge in [0.2, 0.25) is 0 Å². The van der Waals surface area contributed by atoms with Crippen molar-refractivity contribution in [2.75, 3.05) is 13.1 Å². The molecule has 3 aromatic rings. The molecule has 0 fully saturated rings. The number of carbonyl (C=O) groups excluding carboxylic acids is 2. The third-order valence-electron chi connectivity index (χ3n) is 6.62. The van der Waals surface area contributed by atoms with E-state index >= 15 is 0 Å². The summed E-state index contributed by atoms with van der Waals surface area (Å²) in [6, 6.07) is 6.86. The van der Waals surface area contributed by atoms with Crippen molar-refractivity contribution in [1.29, 1.82) is 0 Å². The van der Waals surface area contributed by atoms with Gasteiger partial charge in [-0.3, -0.25) is 4.79 Å². The van der Waals surface area contributed by atoms with E-state index in [0.717, 1.165) is 17.2 Å². The molecule has 0 radical (unpaired) electrons. The molecule has 0 saturated carbocycles. The molecule has 1 aromatic heterocycles. The number of phenols is 1. The van der Waals surface area contributed by atoms with Gasteiger partial charge in [0.15, 0.2) is 0 Å². The first-order valence-corrected chi connectivity index (χ1v) is 14.4. The van der Waals surface area contributed by atoms with Gasteiger partial charge in [-0.1, -0.05) is 6.08 Å². The van der Waals surface area contributed by atoms with Crippen LogP contribution in [0.25, 0.3) is 16.5 Å². The number of phenolic OH excluding ortho intramolecular Hbond substituents is 1. The Hall–Kier alpha value is -3.53. The highest BCUT2D eigenvalue weighted by atomic mass is 32.2. The summed E-state index contributed by atoms with van der Waals surface area (Å²) in [4.78, 5) is 27.9. The monoisotopic (exact) mass is 585 g/mol. The number of amides is 2. The fraction of sp³-hybridized carbons (Fsp3) is 0.419. The second-order valence-corrected chi connectivity index (χ2v) is 13.3. The molecule has 0 bridgehead atoms. The zero-order chi connectivity index (χ0) is 30.3. The van der Waals surface area contributed by atoms with Gasteiger partial charge in [-0.2, -0.15) is 0 Å². The fourth-order valence-corrected chi connectivity index (χ4v) is 5.74. The summed E-state index contributed by atoms with van der Waals surface area (Å²) in [6.45, 7) is 11.9. The SMILES string of the molecule is Cn1c(CSc2ccc(F)cc2F)c(C(=O)NC(C)(C)C)c2cc(O)c(C3=CCN(C(=O)OC(C)(C)C)CC3)cc21. The van der Waals surface area contributed by atoms with Crippen molar-refractivity contribution >= 4 is 40.2 Å². The number of hydrogen-bond donors (Lipinski definition) is 2. The van der Waals surface area contributed by atoms with Crippen LogP contribution in [0, 0.1) is 11.6 Å². The average molecular weight is 586 g/mol. The number of rotatable bonds is 5. The Morgan fingerprint density at radius 3 is 2.39 bits per heavy atom. The van der Waals surface area contributed by atoms with Gasteiger partial charge >= 0.3 is 6.09 Å². The maximum atomic E-state index is 14.4. The van der Waals surface area contributed by atoms with Gasteiger partial charge in [-0.25, -0.2) is 13.6 Å². The van der Waals surface area contributed by atoms with Gasteiger partial charge in [0.05, 0.1) is 5.56 Å². The summed E-state index contributed by atoms with van der Waals surface area (Å²) in [5.74, 6) is -1.37. The standard InChI is InChI=1S/C31H37F2N3O4S/c1-30(2,3)34-28(38)27-21-16-25(37)20(18-10-12-36(13-11-18)29(39)40-31(4,5)6)15-23(21)35(7)24(27)17-41-26-9-8-19(32)14-22(26)33/h8-10,14-16,37H,11-13,17H2,1-7H3,(H,34,38). The highest BCUT2D eigenvalue weighted by molar-refractivity contribution is 7.98. The van der Waals surface area contributed by atoms with E-state index in [1.54, 1.807) is 11.0 Å². The van der Waals surface area contributed by atoms with Gasteiger partial charge in [-0.05, 0) is 77.8 Å². The molecule has 0 aliphatic carbocycles. The third kappa shape index (κ3) is 7.04. The van der Waals surface area contributed by atoms with Crippen LogP contribution in [-0.4, -0.2) is 50.8 Å². The van der Waals surface area contributed by atoms with Crippen LogP contribution in [0.15, 0.2) is 41.3 Å². The van der Waals surface area contributed by atoms with E-state index in [0.29, 0.717) is 41.7 Å². The first kappa shape index (κ1) is 30.4. The van der Waals surface area contributed by atoms with Crippen molar-refractivity contribution in [2.45, 2.75) is 69.8 Å². The van der Waals surface area contributed by atoms with Crippen molar-refractivity contribution in [2.24, 2.45) is 7.05 Å². The molecule has 220 valence electrons. The molecule has 10 heteroatoms. The Kier molecular flexibility index (Phi) is 8.45. The predicted octanol–water partition coefficient (Wildman–Crippen LogP) is 7.01. The van der Waals surface area contributed by atoms with Crippen LogP contribution in [0.3, 0.4) is 0 Å². The van der Waals surface area contributed by atoms with Gasteiger partial charge in [0.25, 0.3) is 5.91 Å². The number of nitrogens with zero attached hydrogens (tertiary/aromatic N) is 2. The predicted molar refractivity (Wildman–Crippen MR) is 158 cm³/mol. The van der Waals surface area contributed by atoms with E-state index in [9.17, 15) is 23.5 Å². The van der Waals surface area contributed by atoms with Crippen molar-refractivity contribution < 1.29 is 28.2 Å². The minimum absolute atomic E-state index is 0.0219. The molecule has 0 atom stereocenters. The number of fused-ring (bicyclic) bond motifs is 1. The summed E-state index contributed by atoms with van der Waals surface area (Å²) >= 11 is 1.17. The zero-order valence-electron chi connectivity index (χ0n) is 24.5. The Morgan fingerprint density at radius 1 is 1.10 bits per heavy atom. The number of hydrogen-bond acceptors (Lipinski definition) is 5. The van der Waals surface area contributed by atoms with Crippen molar-refractivity contribution in [3.8, 4) is 5.75 Å². The molecular formula is C31H37F2N3O4S. The number of aromatic hydroxyl groups is 1. The summed E-state index contributed by atoms with van der Waals surface area (Å²) in [7, 11) is 1.83. The molecule has 2 N–H and O–H groups in total. The third-order valence-corrected chi connectivity index (χ3v) is 7.68. The normalized spacial score (nSPS) is 14.3. The number of nitrogens with one attached hydrogen (secondary N) is 1. The van der Waals surface area contributed by atoms with Crippen molar-refractivity contribution in [1.82, 2.24) is 14.8 Å². The maximum Gasteiger partial charge on any atom is 0.410 e. The maximum absolute atomic E-state index is 14.4. The number of carbonyl (C=O) groups is 2. The largest absolute Gasteiger partial charge is 0.507 e. The van der Waals surface area contributed by atoms with Crippen LogP contribution in [0.4, 0.5) is 13.6 Å². The number of aryl methyl sites for hydroxylation is 1. The Morgan fingerprint density at radius 2 is 1.80 bits per heavy atom. The lowest BCUT2D eigenvalue weighted by atomic mass is 9.96. The zero-order valence-corrected chi connectivity index (χ0v) is 25.3. The van der Waals surface area contributed by atoms with E-state index in [4.69, 9.17) is 4.74 Å². The number of ether oxygens (including phenoxy) is 1. The van der Waals surface area contributed by atoms with Crippen LogP contribution in [0.1, 0.15) is 69.6 Å². The number of benzene rings is 2. The van der Waals surface area contributed by atoms with E-state index in [-0.39, 0.29) is 28.4 Å². The Balaban J connectivity index is 1.72. The lowest BCUT2D eigenvalue weighted by Gasteiger charge is -2.29. The summed E-state index contributed by atoms with van der Waals surface area (Å²) in [5.41, 5.74) is 2.16. The van der Waals surface area contributed by atoms with E-state index in [1.807, 2.05) is 65.3 Å². The van der Waals surface area contributed by atoms with Crippen molar-refractivity contribution in [3.63, 3.8) is 0 Å². The van der Waals surface area contributed by atoms with Crippen molar-refractivity contribution in [3.05, 3.63) is 64.9 Å². The lowest BCUT2D eigenvalue weighted by molar-refractivity contribution is 0.0270. The molecule has 0 spiro atoms. The number of halogens is 2. The topological polar surface area (TPSA) is 83.8 Å². The van der Waals surface area contributed by atoms with E-state index in [2.05, 4.69) is 5.32 Å². The summed E-state index contributed by atoms with van der Waals surface area (Å²) in [6.07, 6.45) is 2.04. The van der Waals surface area contributed by atoms with Crippen LogP contribution >= 0.6 is 11.8 Å². The molecule has 0 saturated heterocycles. The second-order valence-electron chi connectivity index (χ2n) is 12.2. The highest BCUT2D eigenvalue weighted by Crippen LogP contribution is 2.38. The molecule has 4 rings (SSSR count). The Bertz CT molecular complexity index is 1530. The fourth-order valence-electron chi connectivity index (χ4n) is 4.75. The van der Waals surface area contributed by atoms with Crippen LogP contribution < -0.4 is 5.32 Å². The van der Waals surface area contributed by atoms with E-state index < -0.39 is 22.8 Å². The molecule has 0 unspecified atom stereocenters. The Labute approximate surface area is 243 Å². The minimum atomic E-state index is -0.668. The second kappa shape index (κ2) is 11.4. The first-order valence-electron chi connectivity index (χ1n) is 13.5. The van der Waals surface area contributed by atoms with Gasteiger partial charge in [0.1, 0.15) is 23.0 Å². The molecule has 1 aliphatic rings.